The minimum absolute atomic E-state index is 0.0450. The Balaban J connectivity index is 1.51. The highest BCUT2D eigenvalue weighted by Gasteiger charge is 2.34. The predicted octanol–water partition coefficient (Wildman–Crippen LogP) is 4.33. The number of urea groups is 1. The molecule has 0 unspecified atom stereocenters. The Hall–Kier alpha value is -3.24. The van der Waals surface area contributed by atoms with Gasteiger partial charge in [-0.15, -0.1) is 11.3 Å². The minimum atomic E-state index is -0.356. The number of hydrogen-bond acceptors (Lipinski definition) is 7. The maximum Gasteiger partial charge on any atom is 0.331 e. The van der Waals surface area contributed by atoms with E-state index in [-0.39, 0.29) is 24.0 Å². The summed E-state index contributed by atoms with van der Waals surface area (Å²) in [5.41, 5.74) is 8.78. The number of rotatable bonds is 6. The SMILES string of the molecule is Cc1cc(OCC(C)C)ncc1N1C(=O)Nc2c(C(=O)N[C@@H]3CCC[C@@H]3N)sc3nccc1c23. The maximum atomic E-state index is 13.3. The van der Waals surface area contributed by atoms with Crippen LogP contribution in [0.1, 0.15) is 48.3 Å². The summed E-state index contributed by atoms with van der Waals surface area (Å²) in [6.07, 6.45) is 6.05. The first-order valence-corrected chi connectivity index (χ1v) is 12.3. The number of anilines is 3. The molecule has 0 bridgehead atoms. The standard InChI is InChI=1S/C24H28N6O3S/c1-12(2)11-33-18-9-13(3)17(10-27-18)30-16-7-8-26-23-19(16)20(29-24(30)32)21(34-23)22(31)28-15-6-4-5-14(15)25/h7-10,12,14-15H,4-6,11,25H2,1-3H3,(H,28,31)(H,29,32)/t14-,15+/m0/s1. The number of amides is 3. The molecule has 0 aromatic carbocycles. The number of aromatic nitrogens is 2. The second-order valence-electron chi connectivity index (χ2n) is 9.27. The molecule has 3 aromatic rings. The molecule has 1 aliphatic carbocycles. The van der Waals surface area contributed by atoms with Gasteiger partial charge in [0.05, 0.1) is 35.3 Å². The van der Waals surface area contributed by atoms with Crippen LogP contribution in [0.3, 0.4) is 0 Å². The van der Waals surface area contributed by atoms with Gasteiger partial charge in [-0.2, -0.15) is 0 Å². The maximum absolute atomic E-state index is 13.3. The number of carbonyl (C=O) groups is 2. The molecule has 34 heavy (non-hydrogen) atoms. The summed E-state index contributed by atoms with van der Waals surface area (Å²) < 4.78 is 5.73. The van der Waals surface area contributed by atoms with Crippen LogP contribution in [0.5, 0.6) is 5.88 Å². The Morgan fingerprint density at radius 3 is 2.88 bits per heavy atom. The van der Waals surface area contributed by atoms with Crippen LogP contribution in [-0.2, 0) is 0 Å². The van der Waals surface area contributed by atoms with Crippen molar-refractivity contribution in [3.05, 3.63) is 35.0 Å². The Morgan fingerprint density at radius 2 is 2.18 bits per heavy atom. The molecule has 0 radical (unpaired) electrons. The lowest BCUT2D eigenvalue weighted by molar-refractivity contribution is 0.0939. The Morgan fingerprint density at radius 1 is 1.35 bits per heavy atom. The number of thiophene rings is 1. The van der Waals surface area contributed by atoms with Crippen molar-refractivity contribution >= 4 is 50.6 Å². The van der Waals surface area contributed by atoms with Gasteiger partial charge < -0.3 is 21.1 Å². The average Bonchev–Trinajstić information content (AvgIpc) is 3.37. The van der Waals surface area contributed by atoms with Gasteiger partial charge in [-0.25, -0.2) is 14.8 Å². The van der Waals surface area contributed by atoms with Gasteiger partial charge in [0.15, 0.2) is 0 Å². The van der Waals surface area contributed by atoms with Gasteiger partial charge in [0.2, 0.25) is 5.88 Å². The van der Waals surface area contributed by atoms with E-state index < -0.39 is 0 Å². The molecule has 3 amide bonds. The van der Waals surface area contributed by atoms with Crippen molar-refractivity contribution in [1.29, 1.82) is 0 Å². The van der Waals surface area contributed by atoms with Gasteiger partial charge in [0, 0.05) is 24.3 Å². The Kier molecular flexibility index (Phi) is 5.86. The molecule has 1 fully saturated rings. The zero-order valence-corrected chi connectivity index (χ0v) is 20.2. The first-order chi connectivity index (χ1) is 16.3. The third kappa shape index (κ3) is 3.97. The van der Waals surface area contributed by atoms with Gasteiger partial charge in [-0.3, -0.25) is 9.69 Å². The van der Waals surface area contributed by atoms with Crippen LogP contribution in [0.15, 0.2) is 24.5 Å². The molecular weight excluding hydrogens is 452 g/mol. The molecule has 0 spiro atoms. The van der Waals surface area contributed by atoms with Gasteiger partial charge in [-0.05, 0) is 43.7 Å². The van der Waals surface area contributed by atoms with E-state index in [0.29, 0.717) is 45.2 Å². The summed E-state index contributed by atoms with van der Waals surface area (Å²) in [5.74, 6) is 0.671. The first-order valence-electron chi connectivity index (χ1n) is 11.5. The molecule has 2 atom stereocenters. The summed E-state index contributed by atoms with van der Waals surface area (Å²) in [5, 5.41) is 6.72. The van der Waals surface area contributed by atoms with E-state index in [1.165, 1.54) is 11.3 Å². The number of hydrogen-bond donors (Lipinski definition) is 3. The number of carbonyl (C=O) groups excluding carboxylic acids is 2. The first kappa shape index (κ1) is 22.5. The summed E-state index contributed by atoms with van der Waals surface area (Å²) in [6.45, 7) is 6.62. The zero-order chi connectivity index (χ0) is 24.0. The van der Waals surface area contributed by atoms with Crippen molar-refractivity contribution in [1.82, 2.24) is 15.3 Å². The van der Waals surface area contributed by atoms with Crippen LogP contribution in [0.2, 0.25) is 0 Å². The molecule has 4 heterocycles. The molecule has 9 nitrogen and oxygen atoms in total. The number of ether oxygens (including phenoxy) is 1. The van der Waals surface area contributed by atoms with Crippen LogP contribution < -0.4 is 26.0 Å². The number of nitrogens with zero attached hydrogens (tertiary/aromatic N) is 3. The van der Waals surface area contributed by atoms with Gasteiger partial charge in [0.1, 0.15) is 9.71 Å². The van der Waals surface area contributed by atoms with Crippen LogP contribution in [0.25, 0.3) is 10.2 Å². The fourth-order valence-corrected chi connectivity index (χ4v) is 5.50. The lowest BCUT2D eigenvalue weighted by atomic mass is 10.1. The smallest absolute Gasteiger partial charge is 0.331 e. The molecule has 178 valence electrons. The molecule has 3 aromatic heterocycles. The summed E-state index contributed by atoms with van der Waals surface area (Å²) >= 11 is 1.27. The fraction of sp³-hybridized carbons (Fsp3) is 0.417. The van der Waals surface area contributed by atoms with E-state index in [9.17, 15) is 9.59 Å². The van der Waals surface area contributed by atoms with Crippen molar-refractivity contribution in [3.8, 4) is 5.88 Å². The average molecular weight is 481 g/mol. The monoisotopic (exact) mass is 480 g/mol. The lowest BCUT2D eigenvalue weighted by Gasteiger charge is -2.29. The van der Waals surface area contributed by atoms with E-state index >= 15 is 0 Å². The third-order valence-electron chi connectivity index (χ3n) is 6.20. The van der Waals surface area contributed by atoms with Crippen molar-refractivity contribution in [3.63, 3.8) is 0 Å². The summed E-state index contributed by atoms with van der Waals surface area (Å²) in [4.78, 5) is 38.0. The van der Waals surface area contributed by atoms with E-state index in [1.54, 1.807) is 23.4 Å². The highest BCUT2D eigenvalue weighted by Crippen LogP contribution is 2.46. The zero-order valence-electron chi connectivity index (χ0n) is 19.4. The molecular formula is C24H28N6O3S. The van der Waals surface area contributed by atoms with Crippen LogP contribution in [0, 0.1) is 12.8 Å². The number of pyridine rings is 2. The van der Waals surface area contributed by atoms with Crippen LogP contribution in [0.4, 0.5) is 21.9 Å². The summed E-state index contributed by atoms with van der Waals surface area (Å²) in [6, 6.07) is 3.16. The van der Waals surface area contributed by atoms with Crippen LogP contribution >= 0.6 is 11.3 Å². The molecule has 1 aliphatic heterocycles. The Labute approximate surface area is 201 Å². The molecule has 4 N–H and O–H groups in total. The van der Waals surface area contributed by atoms with Crippen LogP contribution in [-0.4, -0.2) is 40.6 Å². The second kappa shape index (κ2) is 8.84. The number of aryl methyl sites for hydroxylation is 1. The molecule has 2 aliphatic rings. The van der Waals surface area contributed by atoms with Gasteiger partial charge >= 0.3 is 6.03 Å². The Bertz CT molecular complexity index is 1270. The molecule has 5 rings (SSSR count). The number of nitrogens with two attached hydrogens (primary N) is 1. The molecule has 10 heteroatoms. The minimum Gasteiger partial charge on any atom is -0.477 e. The summed E-state index contributed by atoms with van der Waals surface area (Å²) in [7, 11) is 0. The number of nitrogens with one attached hydrogen (secondary N) is 2. The van der Waals surface area contributed by atoms with E-state index in [1.807, 2.05) is 13.0 Å². The highest BCUT2D eigenvalue weighted by atomic mass is 32.1. The molecule has 0 saturated heterocycles. The van der Waals surface area contributed by atoms with Gasteiger partial charge in [-0.1, -0.05) is 13.8 Å². The molecule has 1 saturated carbocycles. The lowest BCUT2D eigenvalue weighted by Crippen LogP contribution is -2.44. The normalized spacial score (nSPS) is 19.6. The second-order valence-corrected chi connectivity index (χ2v) is 10.3. The van der Waals surface area contributed by atoms with E-state index in [4.69, 9.17) is 10.5 Å². The fourth-order valence-electron chi connectivity index (χ4n) is 4.47. The van der Waals surface area contributed by atoms with Crippen molar-refractivity contribution in [2.45, 2.75) is 52.1 Å². The largest absolute Gasteiger partial charge is 0.477 e. The van der Waals surface area contributed by atoms with Crippen molar-refractivity contribution < 1.29 is 14.3 Å². The predicted molar refractivity (Wildman–Crippen MR) is 133 cm³/mol. The third-order valence-corrected chi connectivity index (χ3v) is 7.30. The van der Waals surface area contributed by atoms with E-state index in [2.05, 4.69) is 34.4 Å². The quantitative estimate of drug-likeness (QED) is 0.483. The van der Waals surface area contributed by atoms with Gasteiger partial charge in [0.25, 0.3) is 5.91 Å². The highest BCUT2D eigenvalue weighted by molar-refractivity contribution is 7.21. The van der Waals surface area contributed by atoms with Crippen molar-refractivity contribution in [2.75, 3.05) is 16.8 Å². The van der Waals surface area contributed by atoms with Crippen molar-refractivity contribution in [2.24, 2.45) is 11.7 Å². The van der Waals surface area contributed by atoms with E-state index in [0.717, 1.165) is 30.2 Å². The topological polar surface area (TPSA) is 122 Å².